The molecule has 0 aromatic heterocycles. The van der Waals surface area contributed by atoms with Crippen molar-refractivity contribution < 1.29 is 22.4 Å². The lowest BCUT2D eigenvalue weighted by Gasteiger charge is -2.30. The van der Waals surface area contributed by atoms with Gasteiger partial charge in [0.15, 0.2) is 0 Å². The van der Waals surface area contributed by atoms with Crippen molar-refractivity contribution in [3.05, 3.63) is 64.9 Å². The average Bonchev–Trinajstić information content (AvgIpc) is 2.76. The molecule has 2 aromatic carbocycles. The van der Waals surface area contributed by atoms with Crippen LogP contribution in [0.2, 0.25) is 5.02 Å². The summed E-state index contributed by atoms with van der Waals surface area (Å²) < 4.78 is 40.0. The first-order chi connectivity index (χ1) is 15.4. The average molecular weight is 498 g/mol. The minimum Gasteiger partial charge on any atom is -0.354 e. The van der Waals surface area contributed by atoms with E-state index in [-0.39, 0.29) is 23.3 Å². The van der Waals surface area contributed by atoms with Gasteiger partial charge in [-0.15, -0.1) is 0 Å². The Morgan fingerprint density at radius 1 is 1.03 bits per heavy atom. The molecule has 7 nitrogen and oxygen atoms in total. The summed E-state index contributed by atoms with van der Waals surface area (Å²) in [6.45, 7) is 5.45. The lowest BCUT2D eigenvalue weighted by molar-refractivity contribution is -0.140. The van der Waals surface area contributed by atoms with Crippen molar-refractivity contribution >= 4 is 33.4 Å². The molecule has 1 atom stereocenters. The summed E-state index contributed by atoms with van der Waals surface area (Å²) in [6, 6.07) is 10.3. The van der Waals surface area contributed by atoms with Gasteiger partial charge in [0.05, 0.1) is 11.4 Å². The van der Waals surface area contributed by atoms with Gasteiger partial charge in [-0.3, -0.25) is 9.59 Å². The topological polar surface area (TPSA) is 86.8 Å². The molecule has 33 heavy (non-hydrogen) atoms. The van der Waals surface area contributed by atoms with Crippen molar-refractivity contribution in [2.45, 2.75) is 38.3 Å². The van der Waals surface area contributed by atoms with Crippen molar-refractivity contribution in [3.8, 4) is 0 Å². The van der Waals surface area contributed by atoms with Crippen molar-refractivity contribution in [2.24, 2.45) is 5.92 Å². The molecule has 0 heterocycles. The van der Waals surface area contributed by atoms with Crippen LogP contribution < -0.4 is 5.32 Å². The van der Waals surface area contributed by atoms with Gasteiger partial charge in [0.25, 0.3) is 0 Å². The van der Waals surface area contributed by atoms with Crippen molar-refractivity contribution in [1.29, 1.82) is 0 Å². The fraction of sp³-hybridized carbons (Fsp3) is 0.391. The zero-order chi connectivity index (χ0) is 24.8. The number of carbonyl (C=O) groups is 2. The van der Waals surface area contributed by atoms with E-state index in [9.17, 15) is 22.4 Å². The van der Waals surface area contributed by atoms with Gasteiger partial charge in [-0.1, -0.05) is 37.6 Å². The second-order valence-electron chi connectivity index (χ2n) is 8.18. The molecular weight excluding hydrogens is 469 g/mol. The maximum absolute atomic E-state index is 13.3. The third kappa shape index (κ3) is 7.52. The molecule has 180 valence electrons. The lowest BCUT2D eigenvalue weighted by atomic mass is 10.1. The standard InChI is InChI=1S/C23H29ClFN3O4S/c1-16(2)13-26-23(30)17(3)28(14-18-5-9-20(25)10-6-18)22(29)15-27(4)33(31,32)21-11-7-19(24)8-12-21/h5-12,16-17H,13-15H2,1-4H3,(H,26,30)/t17-/m0/s1. The number of nitrogens with one attached hydrogen (secondary N) is 1. The number of halogens is 2. The third-order valence-corrected chi connectivity index (χ3v) is 7.07. The first-order valence-corrected chi connectivity index (χ1v) is 12.3. The van der Waals surface area contributed by atoms with E-state index in [1.807, 2.05) is 13.8 Å². The molecular formula is C23H29ClFN3O4S. The number of amides is 2. The van der Waals surface area contributed by atoms with Crippen LogP contribution in [-0.4, -0.2) is 55.6 Å². The molecule has 10 heteroatoms. The molecule has 0 bridgehead atoms. The Balaban J connectivity index is 2.24. The fourth-order valence-electron chi connectivity index (χ4n) is 2.97. The van der Waals surface area contributed by atoms with E-state index in [0.29, 0.717) is 17.1 Å². The molecule has 2 amide bonds. The van der Waals surface area contributed by atoms with Gasteiger partial charge in [-0.2, -0.15) is 4.31 Å². The highest BCUT2D eigenvalue weighted by atomic mass is 35.5. The number of nitrogens with zero attached hydrogens (tertiary/aromatic N) is 2. The van der Waals surface area contributed by atoms with E-state index < -0.39 is 34.3 Å². The summed E-state index contributed by atoms with van der Waals surface area (Å²) in [5.41, 5.74) is 0.608. The maximum Gasteiger partial charge on any atom is 0.243 e. The molecule has 0 aliphatic heterocycles. The van der Waals surface area contributed by atoms with Crippen molar-refractivity contribution in [2.75, 3.05) is 20.1 Å². The van der Waals surface area contributed by atoms with Crippen LogP contribution >= 0.6 is 11.6 Å². The molecule has 0 unspecified atom stereocenters. The van der Waals surface area contributed by atoms with E-state index in [1.165, 1.54) is 60.5 Å². The van der Waals surface area contributed by atoms with Crippen LogP contribution in [0.25, 0.3) is 0 Å². The summed E-state index contributed by atoms with van der Waals surface area (Å²) in [4.78, 5) is 27.1. The quantitative estimate of drug-likeness (QED) is 0.545. The van der Waals surface area contributed by atoms with Gasteiger partial charge in [0.1, 0.15) is 11.9 Å². The maximum atomic E-state index is 13.3. The fourth-order valence-corrected chi connectivity index (χ4v) is 4.22. The third-order valence-electron chi connectivity index (χ3n) is 5.00. The van der Waals surface area contributed by atoms with E-state index >= 15 is 0 Å². The highest BCUT2D eigenvalue weighted by molar-refractivity contribution is 7.89. The van der Waals surface area contributed by atoms with Gasteiger partial charge in [-0.05, 0) is 54.8 Å². The van der Waals surface area contributed by atoms with Crippen LogP contribution in [0, 0.1) is 11.7 Å². The Kier molecular flexibility index (Phi) is 9.39. The second kappa shape index (κ2) is 11.6. The van der Waals surface area contributed by atoms with E-state index in [4.69, 9.17) is 11.6 Å². The highest BCUT2D eigenvalue weighted by Crippen LogP contribution is 2.18. The minimum atomic E-state index is -3.95. The Hall–Kier alpha value is -2.49. The molecule has 0 aliphatic rings. The summed E-state index contributed by atoms with van der Waals surface area (Å²) in [5.74, 6) is -1.12. The van der Waals surface area contributed by atoms with E-state index in [0.717, 1.165) is 4.31 Å². The van der Waals surface area contributed by atoms with Crippen molar-refractivity contribution in [3.63, 3.8) is 0 Å². The molecule has 0 saturated heterocycles. The molecule has 0 spiro atoms. The first kappa shape index (κ1) is 26.8. The monoisotopic (exact) mass is 497 g/mol. The van der Waals surface area contributed by atoms with E-state index in [1.54, 1.807) is 6.92 Å². The van der Waals surface area contributed by atoms with Crippen LogP contribution in [0.3, 0.4) is 0 Å². The van der Waals surface area contributed by atoms with Gasteiger partial charge in [0.2, 0.25) is 21.8 Å². The molecule has 0 aliphatic carbocycles. The number of rotatable bonds is 10. The summed E-state index contributed by atoms with van der Waals surface area (Å²) in [6.07, 6.45) is 0. The van der Waals surface area contributed by atoms with Crippen LogP contribution in [0.15, 0.2) is 53.4 Å². The number of sulfonamides is 1. The van der Waals surface area contributed by atoms with E-state index in [2.05, 4.69) is 5.32 Å². The minimum absolute atomic E-state index is 0.00462. The lowest BCUT2D eigenvalue weighted by Crippen LogP contribution is -2.51. The molecule has 0 radical (unpaired) electrons. The SMILES string of the molecule is CC(C)CNC(=O)[C@H](C)N(Cc1ccc(F)cc1)C(=O)CN(C)S(=O)(=O)c1ccc(Cl)cc1. The predicted molar refractivity (Wildman–Crippen MR) is 126 cm³/mol. The zero-order valence-electron chi connectivity index (χ0n) is 19.1. The molecule has 2 aromatic rings. The Morgan fingerprint density at radius 2 is 1.61 bits per heavy atom. The second-order valence-corrected chi connectivity index (χ2v) is 10.7. The Labute approximate surface area is 199 Å². The summed E-state index contributed by atoms with van der Waals surface area (Å²) >= 11 is 5.83. The first-order valence-electron chi connectivity index (χ1n) is 10.5. The molecule has 1 N–H and O–H groups in total. The van der Waals surface area contributed by atoms with Crippen LogP contribution in [0.1, 0.15) is 26.3 Å². The Bertz CT molecular complexity index is 1060. The van der Waals surface area contributed by atoms with Gasteiger partial charge >= 0.3 is 0 Å². The number of likely N-dealkylation sites (N-methyl/N-ethyl adjacent to an activating group) is 1. The normalized spacial score (nSPS) is 12.6. The summed E-state index contributed by atoms with van der Waals surface area (Å²) in [7, 11) is -2.66. The van der Waals surface area contributed by atoms with Crippen LogP contribution in [0.5, 0.6) is 0 Å². The molecule has 0 saturated carbocycles. The smallest absolute Gasteiger partial charge is 0.243 e. The predicted octanol–water partition coefficient (Wildman–Crippen LogP) is 3.29. The van der Waals surface area contributed by atoms with Crippen LogP contribution in [-0.2, 0) is 26.2 Å². The molecule has 2 rings (SSSR count). The van der Waals surface area contributed by atoms with Crippen LogP contribution in [0.4, 0.5) is 4.39 Å². The number of benzene rings is 2. The van der Waals surface area contributed by atoms with Gasteiger partial charge in [0, 0.05) is 25.2 Å². The number of hydrogen-bond donors (Lipinski definition) is 1. The largest absolute Gasteiger partial charge is 0.354 e. The highest BCUT2D eigenvalue weighted by Gasteiger charge is 2.30. The van der Waals surface area contributed by atoms with Gasteiger partial charge in [-0.25, -0.2) is 12.8 Å². The zero-order valence-corrected chi connectivity index (χ0v) is 20.7. The number of carbonyl (C=O) groups excluding carboxylic acids is 2. The number of hydrogen-bond acceptors (Lipinski definition) is 4. The summed E-state index contributed by atoms with van der Waals surface area (Å²) in [5, 5.41) is 3.18. The molecule has 0 fully saturated rings. The van der Waals surface area contributed by atoms with Crippen molar-refractivity contribution in [1.82, 2.24) is 14.5 Å². The Morgan fingerprint density at radius 3 is 2.15 bits per heavy atom. The van der Waals surface area contributed by atoms with Gasteiger partial charge < -0.3 is 10.2 Å².